The number of benzene rings is 1. The van der Waals surface area contributed by atoms with Crippen molar-refractivity contribution < 1.29 is 9.59 Å². The van der Waals surface area contributed by atoms with Gasteiger partial charge in [-0.15, -0.1) is 0 Å². The largest absolute Gasteiger partial charge is 0.370 e. The van der Waals surface area contributed by atoms with Crippen LogP contribution in [0, 0.1) is 5.92 Å². The van der Waals surface area contributed by atoms with Gasteiger partial charge >= 0.3 is 0 Å². The van der Waals surface area contributed by atoms with Crippen LogP contribution in [0.1, 0.15) is 32.3 Å². The summed E-state index contributed by atoms with van der Waals surface area (Å²) in [4.78, 5) is 22.6. The number of amides is 2. The topological polar surface area (TPSA) is 72.2 Å². The van der Waals surface area contributed by atoms with Crippen molar-refractivity contribution in [1.82, 2.24) is 5.32 Å². The Kier molecular flexibility index (Phi) is 6.71. The maximum absolute atomic E-state index is 11.8. The molecule has 2 amide bonds. The number of aryl methyl sites for hydroxylation is 1. The summed E-state index contributed by atoms with van der Waals surface area (Å²) in [6.07, 6.45) is 1.85. The number of halogens is 1. The monoisotopic (exact) mass is 340 g/mol. The van der Waals surface area contributed by atoms with E-state index in [4.69, 9.17) is 5.73 Å². The molecule has 0 aromatic heterocycles. The maximum Gasteiger partial charge on any atom is 0.223 e. The smallest absolute Gasteiger partial charge is 0.223 e. The standard InChI is InChI=1S/C15H21BrN2O2/c1-10(9-14(17)19)15(20)18-11(2)3-4-12-5-7-13(16)8-6-12/h5-8,10-11H,3-4,9H2,1-2H3,(H2,17,19)(H,18,20). The van der Waals surface area contributed by atoms with Gasteiger partial charge in [0.05, 0.1) is 0 Å². The number of rotatable bonds is 7. The van der Waals surface area contributed by atoms with E-state index >= 15 is 0 Å². The first kappa shape index (κ1) is 16.7. The van der Waals surface area contributed by atoms with Crippen LogP contribution >= 0.6 is 15.9 Å². The average molecular weight is 341 g/mol. The van der Waals surface area contributed by atoms with E-state index in [1.165, 1.54) is 5.56 Å². The first-order valence-corrected chi connectivity index (χ1v) is 7.51. The quantitative estimate of drug-likeness (QED) is 0.799. The number of primary amides is 1. The minimum atomic E-state index is -0.449. The van der Waals surface area contributed by atoms with E-state index < -0.39 is 5.91 Å². The molecule has 0 bridgehead atoms. The first-order valence-electron chi connectivity index (χ1n) is 6.71. The molecule has 1 aromatic rings. The molecule has 0 saturated heterocycles. The van der Waals surface area contributed by atoms with Crippen LogP contribution in [0.4, 0.5) is 0 Å². The molecule has 110 valence electrons. The number of carbonyl (C=O) groups is 2. The fourth-order valence-corrected chi connectivity index (χ4v) is 2.15. The number of hydrogen-bond donors (Lipinski definition) is 2. The van der Waals surface area contributed by atoms with Crippen LogP contribution in [0.5, 0.6) is 0 Å². The zero-order chi connectivity index (χ0) is 15.1. The Morgan fingerprint density at radius 1 is 1.25 bits per heavy atom. The number of carbonyl (C=O) groups excluding carboxylic acids is 2. The van der Waals surface area contributed by atoms with E-state index in [2.05, 4.69) is 33.4 Å². The van der Waals surface area contributed by atoms with Crippen molar-refractivity contribution in [3.63, 3.8) is 0 Å². The third-order valence-electron chi connectivity index (χ3n) is 3.12. The van der Waals surface area contributed by atoms with Gasteiger partial charge in [0, 0.05) is 22.9 Å². The van der Waals surface area contributed by atoms with Crippen LogP contribution in [0.15, 0.2) is 28.7 Å². The van der Waals surface area contributed by atoms with Gasteiger partial charge in [0.2, 0.25) is 11.8 Å². The molecule has 5 heteroatoms. The summed E-state index contributed by atoms with van der Waals surface area (Å²) >= 11 is 3.40. The highest BCUT2D eigenvalue weighted by Gasteiger charge is 2.17. The summed E-state index contributed by atoms with van der Waals surface area (Å²) < 4.78 is 1.06. The predicted octanol–water partition coefficient (Wildman–Crippen LogP) is 2.40. The van der Waals surface area contributed by atoms with Crippen molar-refractivity contribution in [3.8, 4) is 0 Å². The van der Waals surface area contributed by atoms with Gasteiger partial charge in [-0.2, -0.15) is 0 Å². The van der Waals surface area contributed by atoms with Gasteiger partial charge in [0.25, 0.3) is 0 Å². The Labute approximate surface area is 128 Å². The lowest BCUT2D eigenvalue weighted by atomic mass is 10.0. The Morgan fingerprint density at radius 2 is 1.85 bits per heavy atom. The van der Waals surface area contributed by atoms with E-state index in [1.807, 2.05) is 19.1 Å². The fraction of sp³-hybridized carbons (Fsp3) is 0.467. The van der Waals surface area contributed by atoms with Crippen LogP contribution in [0.3, 0.4) is 0 Å². The van der Waals surface area contributed by atoms with Crippen LogP contribution in [-0.2, 0) is 16.0 Å². The maximum atomic E-state index is 11.8. The van der Waals surface area contributed by atoms with E-state index in [0.29, 0.717) is 0 Å². The van der Waals surface area contributed by atoms with E-state index in [0.717, 1.165) is 17.3 Å². The van der Waals surface area contributed by atoms with Crippen LogP contribution in [-0.4, -0.2) is 17.9 Å². The van der Waals surface area contributed by atoms with Crippen molar-refractivity contribution in [3.05, 3.63) is 34.3 Å². The summed E-state index contributed by atoms with van der Waals surface area (Å²) in [6, 6.07) is 8.21. The van der Waals surface area contributed by atoms with Gasteiger partial charge < -0.3 is 11.1 Å². The second kappa shape index (κ2) is 8.04. The minimum absolute atomic E-state index is 0.0708. The molecule has 0 aliphatic heterocycles. The van der Waals surface area contributed by atoms with E-state index in [-0.39, 0.29) is 24.3 Å². The van der Waals surface area contributed by atoms with Crippen LogP contribution in [0.2, 0.25) is 0 Å². The predicted molar refractivity (Wildman–Crippen MR) is 83.0 cm³/mol. The molecule has 0 aliphatic carbocycles. The normalized spacial score (nSPS) is 13.6. The molecule has 20 heavy (non-hydrogen) atoms. The minimum Gasteiger partial charge on any atom is -0.370 e. The zero-order valence-corrected chi connectivity index (χ0v) is 13.4. The molecule has 4 nitrogen and oxygen atoms in total. The van der Waals surface area contributed by atoms with Crippen LogP contribution in [0.25, 0.3) is 0 Å². The molecule has 0 fully saturated rings. The summed E-state index contributed by atoms with van der Waals surface area (Å²) in [5.41, 5.74) is 6.32. The van der Waals surface area contributed by atoms with E-state index in [1.54, 1.807) is 6.92 Å². The molecule has 0 saturated carbocycles. The molecule has 1 aromatic carbocycles. The number of hydrogen-bond acceptors (Lipinski definition) is 2. The van der Waals surface area contributed by atoms with Crippen molar-refractivity contribution in [2.45, 2.75) is 39.2 Å². The first-order chi connectivity index (χ1) is 9.38. The lowest BCUT2D eigenvalue weighted by Crippen LogP contribution is -2.37. The van der Waals surface area contributed by atoms with Gasteiger partial charge in [-0.05, 0) is 37.5 Å². The van der Waals surface area contributed by atoms with Gasteiger partial charge in [0.15, 0.2) is 0 Å². The fourth-order valence-electron chi connectivity index (χ4n) is 1.89. The molecular formula is C15H21BrN2O2. The second-order valence-corrected chi connectivity index (χ2v) is 6.06. The molecule has 0 spiro atoms. The molecular weight excluding hydrogens is 320 g/mol. The molecule has 3 N–H and O–H groups in total. The van der Waals surface area contributed by atoms with Gasteiger partial charge in [-0.25, -0.2) is 0 Å². The molecule has 2 unspecified atom stereocenters. The molecule has 2 atom stereocenters. The van der Waals surface area contributed by atoms with Crippen molar-refractivity contribution >= 4 is 27.7 Å². The lowest BCUT2D eigenvalue weighted by Gasteiger charge is -2.17. The van der Waals surface area contributed by atoms with Crippen LogP contribution < -0.4 is 11.1 Å². The highest BCUT2D eigenvalue weighted by Crippen LogP contribution is 2.12. The number of nitrogens with one attached hydrogen (secondary N) is 1. The van der Waals surface area contributed by atoms with E-state index in [9.17, 15) is 9.59 Å². The van der Waals surface area contributed by atoms with Gasteiger partial charge in [-0.3, -0.25) is 9.59 Å². The number of nitrogens with two attached hydrogens (primary N) is 1. The summed E-state index contributed by atoms with van der Waals surface area (Å²) in [6.45, 7) is 3.68. The Morgan fingerprint density at radius 3 is 2.40 bits per heavy atom. The lowest BCUT2D eigenvalue weighted by molar-refractivity contribution is -0.129. The van der Waals surface area contributed by atoms with Crippen molar-refractivity contribution in [1.29, 1.82) is 0 Å². The highest BCUT2D eigenvalue weighted by molar-refractivity contribution is 9.10. The molecule has 0 aliphatic rings. The SMILES string of the molecule is CC(CCc1ccc(Br)cc1)NC(=O)C(C)CC(N)=O. The molecule has 0 radical (unpaired) electrons. The third-order valence-corrected chi connectivity index (χ3v) is 3.65. The summed E-state index contributed by atoms with van der Waals surface area (Å²) in [5.74, 6) is -0.940. The third kappa shape index (κ3) is 6.19. The van der Waals surface area contributed by atoms with Crippen molar-refractivity contribution in [2.24, 2.45) is 11.7 Å². The van der Waals surface area contributed by atoms with Crippen molar-refractivity contribution in [2.75, 3.05) is 0 Å². The highest BCUT2D eigenvalue weighted by atomic mass is 79.9. The summed E-state index contributed by atoms with van der Waals surface area (Å²) in [7, 11) is 0. The Balaban J connectivity index is 2.36. The Hall–Kier alpha value is -1.36. The van der Waals surface area contributed by atoms with Gasteiger partial charge in [0.1, 0.15) is 0 Å². The molecule has 1 rings (SSSR count). The van der Waals surface area contributed by atoms with Gasteiger partial charge in [-0.1, -0.05) is 35.0 Å². The Bertz CT molecular complexity index is 459. The summed E-state index contributed by atoms with van der Waals surface area (Å²) in [5, 5.41) is 2.91. The molecule has 0 heterocycles. The zero-order valence-electron chi connectivity index (χ0n) is 11.9. The average Bonchev–Trinajstić information content (AvgIpc) is 2.37. The second-order valence-electron chi connectivity index (χ2n) is 5.15.